The summed E-state index contributed by atoms with van der Waals surface area (Å²) in [5.74, 6) is -0.0683. The number of hydrogen-bond donors (Lipinski definition) is 2. The van der Waals surface area contributed by atoms with Crippen LogP contribution in [0.2, 0.25) is 0 Å². The molecule has 0 saturated carbocycles. The Morgan fingerprint density at radius 3 is 2.28 bits per heavy atom. The first kappa shape index (κ1) is 12.2. The van der Waals surface area contributed by atoms with Gasteiger partial charge in [0.2, 0.25) is 0 Å². The van der Waals surface area contributed by atoms with Crippen LogP contribution in [0.25, 0.3) is 0 Å². The monoisotopic (exact) mass is 243 g/mol. The third kappa shape index (κ3) is 2.91. The SMILES string of the molecule is Cc1ccc(C)n1NC(=O)CNc1ccccc1. The fourth-order valence-electron chi connectivity index (χ4n) is 1.75. The van der Waals surface area contributed by atoms with Crippen LogP contribution in [-0.4, -0.2) is 17.1 Å². The molecule has 4 nitrogen and oxygen atoms in total. The summed E-state index contributed by atoms with van der Waals surface area (Å²) in [6.07, 6.45) is 0. The molecule has 2 aromatic rings. The van der Waals surface area contributed by atoms with E-state index in [0.29, 0.717) is 0 Å². The number of aryl methyl sites for hydroxylation is 2. The van der Waals surface area contributed by atoms with Gasteiger partial charge in [0.05, 0.1) is 6.54 Å². The van der Waals surface area contributed by atoms with Gasteiger partial charge in [-0.3, -0.25) is 14.9 Å². The third-order valence-electron chi connectivity index (χ3n) is 2.73. The van der Waals surface area contributed by atoms with Gasteiger partial charge in [0, 0.05) is 17.1 Å². The van der Waals surface area contributed by atoms with E-state index < -0.39 is 0 Å². The first-order chi connectivity index (χ1) is 8.66. The molecule has 0 radical (unpaired) electrons. The van der Waals surface area contributed by atoms with Gasteiger partial charge in [0.1, 0.15) is 0 Å². The van der Waals surface area contributed by atoms with E-state index in [2.05, 4.69) is 10.7 Å². The largest absolute Gasteiger partial charge is 0.376 e. The number of nitrogens with zero attached hydrogens (tertiary/aromatic N) is 1. The number of carbonyl (C=O) groups excluding carboxylic acids is 1. The Kier molecular flexibility index (Phi) is 3.67. The van der Waals surface area contributed by atoms with Crippen molar-refractivity contribution in [1.29, 1.82) is 0 Å². The Balaban J connectivity index is 1.90. The van der Waals surface area contributed by atoms with E-state index in [9.17, 15) is 4.79 Å². The molecule has 94 valence electrons. The second-order valence-corrected chi connectivity index (χ2v) is 4.21. The molecule has 18 heavy (non-hydrogen) atoms. The highest BCUT2D eigenvalue weighted by Gasteiger charge is 2.05. The maximum Gasteiger partial charge on any atom is 0.258 e. The molecule has 0 spiro atoms. The molecule has 4 heteroatoms. The Morgan fingerprint density at radius 2 is 1.67 bits per heavy atom. The van der Waals surface area contributed by atoms with Crippen molar-refractivity contribution in [2.45, 2.75) is 13.8 Å². The van der Waals surface area contributed by atoms with Gasteiger partial charge < -0.3 is 5.32 Å². The molecule has 0 atom stereocenters. The van der Waals surface area contributed by atoms with E-state index in [4.69, 9.17) is 0 Å². The van der Waals surface area contributed by atoms with Crippen LogP contribution in [0.3, 0.4) is 0 Å². The lowest BCUT2D eigenvalue weighted by Gasteiger charge is -2.12. The van der Waals surface area contributed by atoms with Gasteiger partial charge in [-0.05, 0) is 38.1 Å². The zero-order valence-electron chi connectivity index (χ0n) is 10.6. The molecule has 2 N–H and O–H groups in total. The van der Waals surface area contributed by atoms with Gasteiger partial charge in [0.15, 0.2) is 0 Å². The fraction of sp³-hybridized carbons (Fsp3) is 0.214. The molecule has 2 rings (SSSR count). The third-order valence-corrected chi connectivity index (χ3v) is 2.73. The molecule has 1 heterocycles. The molecule has 1 aromatic heterocycles. The van der Waals surface area contributed by atoms with Gasteiger partial charge in [-0.2, -0.15) is 0 Å². The molecule has 0 aliphatic carbocycles. The first-order valence-electron chi connectivity index (χ1n) is 5.90. The van der Waals surface area contributed by atoms with Gasteiger partial charge >= 0.3 is 0 Å². The molecular formula is C14H17N3O. The number of benzene rings is 1. The first-order valence-corrected chi connectivity index (χ1v) is 5.90. The Bertz CT molecular complexity index is 512. The molecule has 1 aromatic carbocycles. The van der Waals surface area contributed by atoms with E-state index >= 15 is 0 Å². The highest BCUT2D eigenvalue weighted by Crippen LogP contribution is 2.05. The normalized spacial score (nSPS) is 10.1. The lowest BCUT2D eigenvalue weighted by Crippen LogP contribution is -2.30. The Hall–Kier alpha value is -2.23. The zero-order valence-corrected chi connectivity index (χ0v) is 10.6. The van der Waals surface area contributed by atoms with Crippen molar-refractivity contribution in [1.82, 2.24) is 4.68 Å². The number of amides is 1. The lowest BCUT2D eigenvalue weighted by molar-refractivity contribution is -0.115. The topological polar surface area (TPSA) is 46.1 Å². The number of anilines is 1. The van der Waals surface area contributed by atoms with E-state index in [-0.39, 0.29) is 12.5 Å². The quantitative estimate of drug-likeness (QED) is 0.865. The van der Waals surface area contributed by atoms with Crippen molar-refractivity contribution in [3.05, 3.63) is 53.9 Å². The number of para-hydroxylation sites is 1. The highest BCUT2D eigenvalue weighted by atomic mass is 16.2. The number of nitrogens with one attached hydrogen (secondary N) is 2. The average molecular weight is 243 g/mol. The smallest absolute Gasteiger partial charge is 0.258 e. The van der Waals surface area contributed by atoms with Crippen molar-refractivity contribution >= 4 is 11.6 Å². The Labute approximate surface area is 107 Å². The second-order valence-electron chi connectivity index (χ2n) is 4.21. The highest BCUT2D eigenvalue weighted by molar-refractivity contribution is 5.87. The minimum absolute atomic E-state index is 0.0683. The number of aromatic nitrogens is 1. The van der Waals surface area contributed by atoms with Crippen molar-refractivity contribution in [3.63, 3.8) is 0 Å². The van der Waals surface area contributed by atoms with Crippen LogP contribution in [-0.2, 0) is 4.79 Å². The summed E-state index contributed by atoms with van der Waals surface area (Å²) in [7, 11) is 0. The van der Waals surface area contributed by atoms with E-state index in [1.165, 1.54) is 0 Å². The summed E-state index contributed by atoms with van der Waals surface area (Å²) in [5, 5.41) is 3.07. The molecular weight excluding hydrogens is 226 g/mol. The van der Waals surface area contributed by atoms with Crippen LogP contribution in [0, 0.1) is 13.8 Å². The van der Waals surface area contributed by atoms with E-state index in [1.807, 2.05) is 56.3 Å². The van der Waals surface area contributed by atoms with E-state index in [1.54, 1.807) is 4.68 Å². The molecule has 0 bridgehead atoms. The van der Waals surface area contributed by atoms with Crippen molar-refractivity contribution in [2.24, 2.45) is 0 Å². The predicted octanol–water partition coefficient (Wildman–Crippen LogP) is 2.29. The maximum absolute atomic E-state index is 11.8. The van der Waals surface area contributed by atoms with Gasteiger partial charge in [0.25, 0.3) is 5.91 Å². The van der Waals surface area contributed by atoms with Crippen LogP contribution in [0.15, 0.2) is 42.5 Å². The zero-order chi connectivity index (χ0) is 13.0. The Morgan fingerprint density at radius 1 is 1.06 bits per heavy atom. The minimum Gasteiger partial charge on any atom is -0.376 e. The molecule has 1 amide bonds. The summed E-state index contributed by atoms with van der Waals surface area (Å²) in [6.45, 7) is 4.16. The van der Waals surface area contributed by atoms with Gasteiger partial charge in [-0.25, -0.2) is 0 Å². The summed E-state index contributed by atoms with van der Waals surface area (Å²) < 4.78 is 1.79. The lowest BCUT2D eigenvalue weighted by atomic mass is 10.3. The van der Waals surface area contributed by atoms with Crippen LogP contribution in [0.1, 0.15) is 11.4 Å². The molecule has 0 aliphatic rings. The van der Waals surface area contributed by atoms with Crippen molar-refractivity contribution in [3.8, 4) is 0 Å². The van der Waals surface area contributed by atoms with Gasteiger partial charge in [-0.15, -0.1) is 0 Å². The summed E-state index contributed by atoms with van der Waals surface area (Å²) in [4.78, 5) is 11.8. The molecule has 0 saturated heterocycles. The summed E-state index contributed by atoms with van der Waals surface area (Å²) in [6, 6.07) is 13.6. The van der Waals surface area contributed by atoms with Crippen LogP contribution < -0.4 is 10.7 Å². The molecule has 0 unspecified atom stereocenters. The maximum atomic E-state index is 11.8. The van der Waals surface area contributed by atoms with Crippen molar-refractivity contribution in [2.75, 3.05) is 17.3 Å². The van der Waals surface area contributed by atoms with E-state index in [0.717, 1.165) is 17.1 Å². The van der Waals surface area contributed by atoms with Crippen LogP contribution in [0.5, 0.6) is 0 Å². The summed E-state index contributed by atoms with van der Waals surface area (Å²) in [5.41, 5.74) is 5.81. The second kappa shape index (κ2) is 5.40. The van der Waals surface area contributed by atoms with Crippen molar-refractivity contribution < 1.29 is 4.79 Å². The predicted molar refractivity (Wildman–Crippen MR) is 73.2 cm³/mol. The van der Waals surface area contributed by atoms with Gasteiger partial charge in [-0.1, -0.05) is 18.2 Å². The fourth-order valence-corrected chi connectivity index (χ4v) is 1.75. The minimum atomic E-state index is -0.0683. The summed E-state index contributed by atoms with van der Waals surface area (Å²) >= 11 is 0. The number of rotatable bonds is 4. The number of carbonyl (C=O) groups is 1. The molecule has 0 fully saturated rings. The number of hydrogen-bond acceptors (Lipinski definition) is 2. The van der Waals surface area contributed by atoms with Crippen LogP contribution in [0.4, 0.5) is 5.69 Å². The standard InChI is InChI=1S/C14H17N3O/c1-11-8-9-12(2)17(11)16-14(18)10-15-13-6-4-3-5-7-13/h3-9,15H,10H2,1-2H3,(H,16,18). The average Bonchev–Trinajstić information content (AvgIpc) is 2.69. The molecule has 0 aliphatic heterocycles. The van der Waals surface area contributed by atoms with Crippen LogP contribution >= 0.6 is 0 Å².